The molecule has 0 spiro atoms. The molecule has 1 atom stereocenters. The number of methoxy groups -OCH3 is 1. The highest BCUT2D eigenvalue weighted by atomic mass is 19.1. The Balaban J connectivity index is 1.52. The fraction of sp³-hybridized carbons (Fsp3) is 0.267. The highest BCUT2D eigenvalue weighted by Gasteiger charge is 2.41. The van der Waals surface area contributed by atoms with Crippen molar-refractivity contribution >= 4 is 22.6 Å². The van der Waals surface area contributed by atoms with Gasteiger partial charge in [0, 0.05) is 37.5 Å². The molecule has 1 unspecified atom stereocenters. The molecule has 1 aliphatic heterocycles. The molecule has 4 aromatic rings. The zero-order chi connectivity index (χ0) is 27.4. The van der Waals surface area contributed by atoms with Gasteiger partial charge in [-0.1, -0.05) is 41.6 Å². The Morgan fingerprint density at radius 2 is 1.87 bits per heavy atom. The molecule has 0 saturated heterocycles. The third-order valence-corrected chi connectivity index (χ3v) is 6.86. The van der Waals surface area contributed by atoms with E-state index in [1.54, 1.807) is 13.2 Å². The van der Waals surface area contributed by atoms with Gasteiger partial charge in [0.2, 0.25) is 0 Å². The Morgan fingerprint density at radius 3 is 2.59 bits per heavy atom. The van der Waals surface area contributed by atoms with Gasteiger partial charge in [0.05, 0.1) is 28.9 Å². The quantitative estimate of drug-likeness (QED) is 0.291. The molecule has 8 nitrogen and oxygen atoms in total. The van der Waals surface area contributed by atoms with Crippen molar-refractivity contribution in [3.05, 3.63) is 106 Å². The monoisotopic (exact) mass is 529 g/mol. The van der Waals surface area contributed by atoms with Gasteiger partial charge in [-0.25, -0.2) is 9.37 Å². The summed E-state index contributed by atoms with van der Waals surface area (Å²) in [5, 5.41) is 13.8. The number of carboxylic acid groups (broad SMARTS) is 1. The highest BCUT2D eigenvalue weighted by molar-refractivity contribution is 6.04. The predicted molar refractivity (Wildman–Crippen MR) is 145 cm³/mol. The summed E-state index contributed by atoms with van der Waals surface area (Å²) in [7, 11) is 1.62. The first kappa shape index (κ1) is 26.2. The van der Waals surface area contributed by atoms with Gasteiger partial charge in [-0.3, -0.25) is 14.2 Å². The van der Waals surface area contributed by atoms with Gasteiger partial charge < -0.3 is 14.7 Å². The molecule has 39 heavy (non-hydrogen) atoms. The van der Waals surface area contributed by atoms with Gasteiger partial charge in [0.25, 0.3) is 5.56 Å². The van der Waals surface area contributed by atoms with Crippen molar-refractivity contribution in [2.24, 2.45) is 5.16 Å². The molecule has 2 heterocycles. The maximum Gasteiger partial charge on any atom is 0.303 e. The average molecular weight is 530 g/mol. The van der Waals surface area contributed by atoms with Crippen LogP contribution in [0.4, 0.5) is 4.39 Å². The zero-order valence-corrected chi connectivity index (χ0v) is 21.5. The van der Waals surface area contributed by atoms with Crippen LogP contribution < -0.4 is 5.56 Å². The van der Waals surface area contributed by atoms with Crippen LogP contribution in [0.3, 0.4) is 0 Å². The van der Waals surface area contributed by atoms with Crippen LogP contribution in [0, 0.1) is 5.82 Å². The number of benzene rings is 3. The summed E-state index contributed by atoms with van der Waals surface area (Å²) >= 11 is 0. The summed E-state index contributed by atoms with van der Waals surface area (Å²) < 4.78 is 20.5. The molecule has 200 valence electrons. The number of carboxylic acids is 1. The molecule has 5 rings (SSSR count). The minimum Gasteiger partial charge on any atom is -0.481 e. The van der Waals surface area contributed by atoms with Gasteiger partial charge in [-0.2, -0.15) is 0 Å². The molecular formula is C30H28FN3O5. The van der Waals surface area contributed by atoms with E-state index < -0.39 is 17.4 Å². The van der Waals surface area contributed by atoms with Gasteiger partial charge in [0.1, 0.15) is 11.6 Å². The van der Waals surface area contributed by atoms with E-state index in [0.29, 0.717) is 60.4 Å². The summed E-state index contributed by atoms with van der Waals surface area (Å²) in [6.45, 7) is 0.318. The molecular weight excluding hydrogens is 501 g/mol. The van der Waals surface area contributed by atoms with E-state index in [2.05, 4.69) is 5.16 Å². The third kappa shape index (κ3) is 5.44. The van der Waals surface area contributed by atoms with Crippen molar-refractivity contribution in [2.45, 2.75) is 37.7 Å². The number of aromatic nitrogens is 2. The maximum absolute atomic E-state index is 13.6. The number of halogens is 1. The van der Waals surface area contributed by atoms with Gasteiger partial charge in [-0.15, -0.1) is 0 Å². The standard InChI is InChI=1S/C30H28FN3O5/c1-38-19-30(21-7-3-2-4-8-21)18-26(33-39-30)20-11-16-24-25(17-20)32-27(9-5-6-10-28(35)36)34(29(24)37)23-14-12-22(31)13-15-23/h2-4,7-8,11-17H,5-6,9-10,18-19H2,1H3,(H,35,36). The number of hydrogen-bond acceptors (Lipinski definition) is 6. The second-order valence-electron chi connectivity index (χ2n) is 9.58. The van der Waals surface area contributed by atoms with E-state index in [0.717, 1.165) is 11.1 Å². The van der Waals surface area contributed by atoms with Gasteiger partial charge in [0.15, 0.2) is 5.60 Å². The zero-order valence-electron chi connectivity index (χ0n) is 21.5. The molecule has 0 fully saturated rings. The summed E-state index contributed by atoms with van der Waals surface area (Å²) in [5.41, 5.74) is 2.40. The van der Waals surface area contributed by atoms with E-state index in [4.69, 9.17) is 19.7 Å². The minimum absolute atomic E-state index is 0.0307. The lowest BCUT2D eigenvalue weighted by atomic mass is 9.88. The lowest BCUT2D eigenvalue weighted by Gasteiger charge is -2.26. The van der Waals surface area contributed by atoms with Crippen LogP contribution in [0.25, 0.3) is 16.6 Å². The molecule has 1 aliphatic rings. The van der Waals surface area contributed by atoms with Crippen molar-refractivity contribution in [1.29, 1.82) is 0 Å². The largest absolute Gasteiger partial charge is 0.481 e. The second-order valence-corrected chi connectivity index (χ2v) is 9.58. The summed E-state index contributed by atoms with van der Waals surface area (Å²) in [6.07, 6.45) is 1.87. The Morgan fingerprint density at radius 1 is 1.10 bits per heavy atom. The van der Waals surface area contributed by atoms with Crippen LogP contribution in [0.15, 0.2) is 82.7 Å². The Hall–Kier alpha value is -4.37. The van der Waals surface area contributed by atoms with Crippen LogP contribution in [0.5, 0.6) is 0 Å². The number of unbranched alkanes of at least 4 members (excludes halogenated alkanes) is 1. The maximum atomic E-state index is 13.6. The molecule has 0 amide bonds. The smallest absolute Gasteiger partial charge is 0.303 e. The average Bonchev–Trinajstić information content (AvgIpc) is 3.38. The first-order valence-electron chi connectivity index (χ1n) is 12.7. The molecule has 1 aromatic heterocycles. The van der Waals surface area contributed by atoms with Crippen molar-refractivity contribution in [2.75, 3.05) is 13.7 Å². The van der Waals surface area contributed by atoms with Crippen LogP contribution in [0.2, 0.25) is 0 Å². The Kier molecular flexibility index (Phi) is 7.51. The lowest BCUT2D eigenvalue weighted by Crippen LogP contribution is -2.31. The molecule has 0 bridgehead atoms. The third-order valence-electron chi connectivity index (χ3n) is 6.86. The van der Waals surface area contributed by atoms with Crippen molar-refractivity contribution in [1.82, 2.24) is 9.55 Å². The van der Waals surface area contributed by atoms with E-state index in [9.17, 15) is 14.0 Å². The summed E-state index contributed by atoms with van der Waals surface area (Å²) in [6, 6.07) is 20.8. The SMILES string of the molecule is COCC1(c2ccccc2)CC(c2ccc3c(=O)n(-c4ccc(F)cc4)c(CCCCC(=O)O)nc3c2)=NO1. The Labute approximate surface area is 224 Å². The number of aryl methyl sites for hydroxylation is 1. The fourth-order valence-electron chi connectivity index (χ4n) is 4.92. The topological polar surface area (TPSA) is 103 Å². The van der Waals surface area contributed by atoms with E-state index in [1.165, 1.54) is 28.8 Å². The predicted octanol–water partition coefficient (Wildman–Crippen LogP) is 4.99. The summed E-state index contributed by atoms with van der Waals surface area (Å²) in [4.78, 5) is 35.4. The Bertz CT molecular complexity index is 1580. The molecule has 9 heteroatoms. The molecule has 0 aliphatic carbocycles. The molecule has 0 saturated carbocycles. The second kappa shape index (κ2) is 11.2. The minimum atomic E-state index is -0.873. The molecule has 3 aromatic carbocycles. The van der Waals surface area contributed by atoms with Crippen molar-refractivity contribution in [3.8, 4) is 5.69 Å². The van der Waals surface area contributed by atoms with E-state index in [-0.39, 0.29) is 12.0 Å². The van der Waals surface area contributed by atoms with Crippen molar-refractivity contribution < 1.29 is 23.9 Å². The van der Waals surface area contributed by atoms with E-state index >= 15 is 0 Å². The normalized spacial score (nSPS) is 16.7. The fourth-order valence-corrected chi connectivity index (χ4v) is 4.92. The van der Waals surface area contributed by atoms with E-state index in [1.807, 2.05) is 42.5 Å². The lowest BCUT2D eigenvalue weighted by molar-refractivity contribution is -0.137. The van der Waals surface area contributed by atoms with Crippen LogP contribution in [0.1, 0.15) is 42.6 Å². The number of rotatable bonds is 10. The van der Waals surface area contributed by atoms with Crippen LogP contribution in [-0.2, 0) is 26.4 Å². The van der Waals surface area contributed by atoms with Crippen molar-refractivity contribution in [3.63, 3.8) is 0 Å². The number of nitrogens with zero attached hydrogens (tertiary/aromatic N) is 3. The van der Waals surface area contributed by atoms with Gasteiger partial charge in [-0.05, 0) is 49.2 Å². The number of oxime groups is 1. The molecule has 1 N–H and O–H groups in total. The summed E-state index contributed by atoms with van der Waals surface area (Å²) in [5.74, 6) is -0.807. The number of ether oxygens (including phenoxy) is 1. The van der Waals surface area contributed by atoms with Crippen LogP contribution in [-0.4, -0.2) is 40.1 Å². The first-order valence-corrected chi connectivity index (χ1v) is 12.7. The number of aliphatic carboxylic acids is 1. The number of hydrogen-bond donors (Lipinski definition) is 1. The number of fused-ring (bicyclic) bond motifs is 1. The molecule has 0 radical (unpaired) electrons. The first-order chi connectivity index (χ1) is 18.9. The van der Waals surface area contributed by atoms with Gasteiger partial charge >= 0.3 is 5.97 Å². The van der Waals surface area contributed by atoms with Crippen LogP contribution >= 0.6 is 0 Å². The highest BCUT2D eigenvalue weighted by Crippen LogP contribution is 2.37. The number of carbonyl (C=O) groups is 1.